The number of hydrogen-bond acceptors (Lipinski definition) is 10. The second kappa shape index (κ2) is 27.8. The van der Waals surface area contributed by atoms with E-state index in [9.17, 15) is 4.79 Å². The van der Waals surface area contributed by atoms with Gasteiger partial charge in [0, 0.05) is 6.08 Å². The third-order valence-electron chi connectivity index (χ3n) is 3.11. The maximum absolute atomic E-state index is 10.8. The summed E-state index contributed by atoms with van der Waals surface area (Å²) in [5.41, 5.74) is 0. The van der Waals surface area contributed by atoms with Gasteiger partial charge >= 0.3 is 5.97 Å². The predicted octanol–water partition coefficient (Wildman–Crippen LogP) is -1.00. The molecule has 0 aliphatic heterocycles. The van der Waals surface area contributed by atoms with Crippen molar-refractivity contribution in [2.75, 3.05) is 106 Å². The Morgan fingerprint density at radius 1 is 0.567 bits per heavy atom. The molecule has 180 valence electrons. The molecule has 11 heteroatoms. The number of aliphatic hydroxyl groups excluding tert-OH is 1. The summed E-state index contributed by atoms with van der Waals surface area (Å²) in [7, 11) is 0. The van der Waals surface area contributed by atoms with Gasteiger partial charge in [-0.1, -0.05) is 6.58 Å². The van der Waals surface area contributed by atoms with Crippen molar-refractivity contribution >= 4 is 5.97 Å². The molecule has 0 aliphatic rings. The van der Waals surface area contributed by atoms with Crippen molar-refractivity contribution in [3.05, 3.63) is 12.7 Å². The average molecular weight is 443 g/mol. The normalized spacial score (nSPS) is 10.6. The number of esters is 1. The third-order valence-corrected chi connectivity index (χ3v) is 3.11. The van der Waals surface area contributed by atoms with Crippen molar-refractivity contribution in [2.45, 2.75) is 0 Å². The molecule has 0 fully saturated rings. The van der Waals surface area contributed by atoms with Crippen LogP contribution >= 0.6 is 0 Å². The molecule has 0 radical (unpaired) electrons. The molecule has 0 atom stereocenters. The van der Waals surface area contributed by atoms with Crippen LogP contribution in [0.4, 0.5) is 0 Å². The van der Waals surface area contributed by atoms with Crippen LogP contribution in [0.5, 0.6) is 0 Å². The Morgan fingerprint density at radius 3 is 1.10 bits per heavy atom. The van der Waals surface area contributed by atoms with Gasteiger partial charge < -0.3 is 48.5 Å². The molecule has 0 aromatic rings. The first-order valence-corrected chi connectivity index (χ1v) is 9.75. The quantitative estimate of drug-likeness (QED) is 0.112. The zero-order valence-corrected chi connectivity index (χ0v) is 17.7. The van der Waals surface area contributed by atoms with Gasteiger partial charge in [-0.25, -0.2) is 4.79 Å². The Bertz CT molecular complexity index is 355. The summed E-state index contributed by atoms with van der Waals surface area (Å²) in [4.78, 5) is 10.8. The molecule has 0 amide bonds. The van der Waals surface area contributed by atoms with Gasteiger partial charge in [0.15, 0.2) is 0 Å². The van der Waals surface area contributed by atoms with Gasteiger partial charge in [-0.05, 0) is 0 Å². The molecule has 0 saturated heterocycles. The minimum Gasteiger partial charge on any atom is -0.460 e. The lowest BCUT2D eigenvalue weighted by atomic mass is 10.6. The van der Waals surface area contributed by atoms with Crippen LogP contribution in [0.25, 0.3) is 0 Å². The molecule has 0 unspecified atom stereocenters. The smallest absolute Gasteiger partial charge is 0.330 e. The highest BCUT2D eigenvalue weighted by atomic mass is 16.6. The fourth-order valence-electron chi connectivity index (χ4n) is 1.75. The van der Waals surface area contributed by atoms with Gasteiger partial charge in [-0.15, -0.1) is 0 Å². The second-order valence-corrected chi connectivity index (χ2v) is 5.38. The van der Waals surface area contributed by atoms with Gasteiger partial charge in [0.05, 0.1) is 99.1 Å². The van der Waals surface area contributed by atoms with E-state index in [4.69, 9.17) is 43.0 Å². The van der Waals surface area contributed by atoms with E-state index in [1.54, 1.807) is 0 Å². The average Bonchev–Trinajstić information content (AvgIpc) is 2.74. The highest BCUT2D eigenvalue weighted by molar-refractivity contribution is 5.81. The molecule has 11 nitrogen and oxygen atoms in total. The van der Waals surface area contributed by atoms with Crippen molar-refractivity contribution in [3.63, 3.8) is 0 Å². The van der Waals surface area contributed by atoms with E-state index in [1.165, 1.54) is 0 Å². The molecule has 0 heterocycles. The Hall–Kier alpha value is -1.15. The van der Waals surface area contributed by atoms with Crippen LogP contribution < -0.4 is 0 Å². The molecular weight excluding hydrogens is 404 g/mol. The van der Waals surface area contributed by atoms with Crippen LogP contribution in [0.3, 0.4) is 0 Å². The molecule has 0 aromatic carbocycles. The Kier molecular flexibility index (Phi) is 28.8. The number of carbonyl (C=O) groups is 1. The van der Waals surface area contributed by atoms with E-state index in [1.807, 2.05) is 0 Å². The molecule has 0 rings (SSSR count). The van der Waals surface area contributed by atoms with E-state index in [0.29, 0.717) is 92.5 Å². The van der Waals surface area contributed by atoms with E-state index < -0.39 is 5.97 Å². The Balaban J connectivity index is 0. The van der Waals surface area contributed by atoms with Crippen molar-refractivity contribution < 1.29 is 53.3 Å². The monoisotopic (exact) mass is 442 g/mol. The number of rotatable bonds is 24. The molecule has 30 heavy (non-hydrogen) atoms. The van der Waals surface area contributed by atoms with Gasteiger partial charge in [0.25, 0.3) is 0 Å². The first-order chi connectivity index (χ1) is 14.3. The summed E-state index contributed by atoms with van der Waals surface area (Å²) in [5.74, 6) is -0.457. The van der Waals surface area contributed by atoms with Crippen LogP contribution in [0.2, 0.25) is 0 Å². The molecule has 0 aliphatic carbocycles. The minimum atomic E-state index is -0.457. The molecule has 0 bridgehead atoms. The summed E-state index contributed by atoms with van der Waals surface area (Å²) in [6, 6.07) is 0. The molecular formula is C19H38O11. The summed E-state index contributed by atoms with van der Waals surface area (Å²) in [6.07, 6.45) is 1.11. The Morgan fingerprint density at radius 2 is 0.833 bits per heavy atom. The largest absolute Gasteiger partial charge is 0.460 e. The topological polar surface area (TPSA) is 143 Å². The lowest BCUT2D eigenvalue weighted by Gasteiger charge is -2.08. The number of carbonyl (C=O) groups excluding carboxylic acids is 1. The highest BCUT2D eigenvalue weighted by Crippen LogP contribution is 1.86. The fraction of sp³-hybridized carbons (Fsp3) is 0.842. The van der Waals surface area contributed by atoms with Crippen molar-refractivity contribution in [1.82, 2.24) is 0 Å². The first-order valence-electron chi connectivity index (χ1n) is 9.75. The lowest BCUT2D eigenvalue weighted by molar-refractivity contribution is -0.139. The summed E-state index contributed by atoms with van der Waals surface area (Å²) < 4.78 is 41.8. The fourth-order valence-corrected chi connectivity index (χ4v) is 1.75. The predicted molar refractivity (Wildman–Crippen MR) is 108 cm³/mol. The maximum Gasteiger partial charge on any atom is 0.330 e. The van der Waals surface area contributed by atoms with Gasteiger partial charge in [0.1, 0.15) is 6.61 Å². The van der Waals surface area contributed by atoms with Crippen LogP contribution in [0.1, 0.15) is 0 Å². The van der Waals surface area contributed by atoms with Crippen LogP contribution in [-0.4, -0.2) is 122 Å². The standard InChI is InChI=1S/C19H36O10.H2O/c1-2-19(21)29-18-17-28-16-15-27-14-13-26-12-11-25-10-9-24-8-7-23-6-5-22-4-3-20;/h2,20H,1,3-18H2;1H2. The number of ether oxygens (including phenoxy) is 8. The molecule has 0 spiro atoms. The van der Waals surface area contributed by atoms with Crippen LogP contribution in [0.15, 0.2) is 12.7 Å². The summed E-state index contributed by atoms with van der Waals surface area (Å²) >= 11 is 0. The molecule has 3 N–H and O–H groups in total. The zero-order chi connectivity index (χ0) is 21.3. The van der Waals surface area contributed by atoms with Crippen LogP contribution in [-0.2, 0) is 42.7 Å². The Labute approximate surface area is 178 Å². The SMILES string of the molecule is C=CC(=O)OCCOCCOCCOCCOCCOCCOCCOCCO.O. The molecule has 0 saturated carbocycles. The van der Waals surface area contributed by atoms with E-state index in [-0.39, 0.29) is 18.7 Å². The third kappa shape index (κ3) is 26.9. The first kappa shape index (κ1) is 31.0. The zero-order valence-electron chi connectivity index (χ0n) is 17.7. The van der Waals surface area contributed by atoms with E-state index >= 15 is 0 Å². The summed E-state index contributed by atoms with van der Waals surface area (Å²) in [6.45, 7) is 9.96. The highest BCUT2D eigenvalue weighted by Gasteiger charge is 1.96. The number of aliphatic hydroxyl groups is 1. The van der Waals surface area contributed by atoms with Gasteiger partial charge in [-0.3, -0.25) is 0 Å². The van der Waals surface area contributed by atoms with Crippen molar-refractivity contribution in [3.8, 4) is 0 Å². The number of hydrogen-bond donors (Lipinski definition) is 1. The van der Waals surface area contributed by atoms with E-state index in [0.717, 1.165) is 6.08 Å². The minimum absolute atomic E-state index is 0. The van der Waals surface area contributed by atoms with Crippen molar-refractivity contribution in [2.24, 2.45) is 0 Å². The van der Waals surface area contributed by atoms with Crippen LogP contribution in [0, 0.1) is 0 Å². The van der Waals surface area contributed by atoms with Gasteiger partial charge in [0.2, 0.25) is 0 Å². The lowest BCUT2D eigenvalue weighted by Crippen LogP contribution is -2.15. The second-order valence-electron chi connectivity index (χ2n) is 5.38. The molecule has 0 aromatic heterocycles. The van der Waals surface area contributed by atoms with E-state index in [2.05, 4.69) is 6.58 Å². The maximum atomic E-state index is 10.8. The van der Waals surface area contributed by atoms with Crippen molar-refractivity contribution in [1.29, 1.82) is 0 Å². The summed E-state index contributed by atoms with van der Waals surface area (Å²) in [5, 5.41) is 8.52. The van der Waals surface area contributed by atoms with Gasteiger partial charge in [-0.2, -0.15) is 0 Å².